The third-order valence-electron chi connectivity index (χ3n) is 11.2. The first-order valence-electron chi connectivity index (χ1n) is 20.5. The Morgan fingerprint density at radius 2 is 1.63 bits per heavy atom. The number of nitrogens with one attached hydrogen (secondary N) is 3. The van der Waals surface area contributed by atoms with Crippen molar-refractivity contribution in [2.45, 2.75) is 55.9 Å². The largest absolute Gasteiger partial charge is 0.494 e. The van der Waals surface area contributed by atoms with E-state index in [4.69, 9.17) is 25.4 Å². The molecule has 0 bridgehead atoms. The van der Waals surface area contributed by atoms with E-state index in [0.717, 1.165) is 86.1 Å². The van der Waals surface area contributed by atoms with Gasteiger partial charge in [0, 0.05) is 63.5 Å². The summed E-state index contributed by atoms with van der Waals surface area (Å²) in [4.78, 5) is 66.1. The Bertz CT molecular complexity index is 2360. The minimum Gasteiger partial charge on any atom is -0.494 e. The summed E-state index contributed by atoms with van der Waals surface area (Å²) in [6.45, 7) is 4.76. The number of imide groups is 2. The van der Waals surface area contributed by atoms with Crippen molar-refractivity contribution in [2.75, 3.05) is 75.3 Å². The van der Waals surface area contributed by atoms with E-state index in [-0.39, 0.29) is 23.8 Å². The lowest BCUT2D eigenvalue weighted by Crippen LogP contribution is -2.54. The van der Waals surface area contributed by atoms with Crippen LogP contribution in [-0.4, -0.2) is 109 Å². The molecule has 1 atom stereocenters. The smallest absolute Gasteiger partial charge is 0.362 e. The third kappa shape index (κ3) is 10.1. The first-order chi connectivity index (χ1) is 30.0. The Kier molecular flexibility index (Phi) is 14.8. The number of piperidine rings is 1. The van der Waals surface area contributed by atoms with Gasteiger partial charge < -0.3 is 29.3 Å². The predicted octanol–water partition coefficient (Wildman–Crippen LogP) is 7.00. The summed E-state index contributed by atoms with van der Waals surface area (Å²) in [5, 5.41) is 9.23. The van der Waals surface area contributed by atoms with Gasteiger partial charge in [-0.25, -0.2) is 4.98 Å². The van der Waals surface area contributed by atoms with Crippen molar-refractivity contribution >= 4 is 88.7 Å². The van der Waals surface area contributed by atoms with Gasteiger partial charge in [0.15, 0.2) is 5.82 Å². The number of nitrogens with zero attached hydrogens (tertiary/aromatic N) is 5. The lowest BCUT2D eigenvalue weighted by atomic mass is 10.0. The first-order valence-corrected chi connectivity index (χ1v) is 23.4. The lowest BCUT2D eigenvalue weighted by Gasteiger charge is -2.36. The zero-order chi connectivity index (χ0) is 43.8. The SMILES string of the molecule is COc1cc(N2CCN(CCCCCCCSc3cccc4c3C(=O)N(C3CCC(=O)NC3=O)C4=O)CC2)ccc1Nc1ncc(Cl)c(Nc2ccccc2P(=O)(OC)OC)n1. The average molecular weight is 905 g/mol. The van der Waals surface area contributed by atoms with Gasteiger partial charge in [0.05, 0.1) is 41.1 Å². The fourth-order valence-electron chi connectivity index (χ4n) is 7.82. The van der Waals surface area contributed by atoms with Gasteiger partial charge in [0.25, 0.3) is 11.8 Å². The normalized spacial score (nSPS) is 17.0. The van der Waals surface area contributed by atoms with Crippen LogP contribution in [0.5, 0.6) is 5.75 Å². The van der Waals surface area contributed by atoms with Crippen molar-refractivity contribution in [2.24, 2.45) is 0 Å². The number of amides is 4. The summed E-state index contributed by atoms with van der Waals surface area (Å²) in [5.74, 6) is 0.0978. The summed E-state index contributed by atoms with van der Waals surface area (Å²) < 4.78 is 29.4. The van der Waals surface area contributed by atoms with Gasteiger partial charge >= 0.3 is 7.60 Å². The molecule has 4 amide bonds. The highest BCUT2D eigenvalue weighted by atomic mass is 35.5. The number of para-hydroxylation sites is 1. The number of thioether (sulfide) groups is 1. The van der Waals surface area contributed by atoms with Crippen molar-refractivity contribution in [3.8, 4) is 5.75 Å². The van der Waals surface area contributed by atoms with Crippen molar-refractivity contribution in [1.82, 2.24) is 25.1 Å². The standard InChI is InChI=1S/C43H50ClN8O8PS/c1-58-34-26-28(16-17-31(34)47-43-45-27-30(44)39(49-43)46-32-13-7-8-14-35(32)61(57,59-2)60-3)51-23-21-50(22-24-51)20-9-5-4-6-10-25-62-36-15-11-12-29-38(36)42(56)52(41(29)55)33-18-19-37(53)48-40(33)54/h7-8,11-17,26-27,33H,4-6,9-10,18-25H2,1-3H3,(H,48,53,54)(H2,45,46,47,49). The monoisotopic (exact) mass is 904 g/mol. The number of methoxy groups -OCH3 is 1. The molecule has 4 heterocycles. The van der Waals surface area contributed by atoms with Gasteiger partial charge in [0.2, 0.25) is 17.8 Å². The molecule has 1 aromatic heterocycles. The van der Waals surface area contributed by atoms with Crippen LogP contribution in [-0.2, 0) is 23.2 Å². The summed E-state index contributed by atoms with van der Waals surface area (Å²) in [5.41, 5.74) is 2.88. The molecule has 4 aromatic rings. The van der Waals surface area contributed by atoms with Gasteiger partial charge in [-0.3, -0.25) is 38.9 Å². The third-order valence-corrected chi connectivity index (χ3v) is 14.5. The highest BCUT2D eigenvalue weighted by Gasteiger charge is 2.45. The van der Waals surface area contributed by atoms with Crippen LogP contribution in [0, 0.1) is 0 Å². The van der Waals surface area contributed by atoms with Gasteiger partial charge in [-0.2, -0.15) is 4.98 Å². The molecule has 328 valence electrons. The molecule has 62 heavy (non-hydrogen) atoms. The van der Waals surface area contributed by atoms with Gasteiger partial charge in [-0.05, 0) is 68.0 Å². The Hall–Kier alpha value is -5.03. The average Bonchev–Trinajstić information content (AvgIpc) is 3.54. The number of piperazine rings is 1. The van der Waals surface area contributed by atoms with Gasteiger partial charge in [-0.1, -0.05) is 49.1 Å². The van der Waals surface area contributed by atoms with E-state index in [2.05, 4.69) is 41.8 Å². The number of anilines is 5. The van der Waals surface area contributed by atoms with Crippen LogP contribution in [0.3, 0.4) is 0 Å². The number of rotatable bonds is 19. The van der Waals surface area contributed by atoms with Crippen LogP contribution in [0.15, 0.2) is 71.8 Å². The van der Waals surface area contributed by atoms with E-state index in [9.17, 15) is 23.7 Å². The first kappa shape index (κ1) is 45.0. The molecule has 3 aromatic carbocycles. The Morgan fingerprint density at radius 1 is 0.871 bits per heavy atom. The molecule has 19 heteroatoms. The van der Waals surface area contributed by atoms with E-state index >= 15 is 0 Å². The highest BCUT2D eigenvalue weighted by Crippen LogP contribution is 2.47. The van der Waals surface area contributed by atoms with E-state index in [1.54, 1.807) is 55.3 Å². The molecule has 3 N–H and O–H groups in total. The van der Waals surface area contributed by atoms with Crippen molar-refractivity contribution in [1.29, 1.82) is 0 Å². The van der Waals surface area contributed by atoms with Crippen LogP contribution in [0.4, 0.5) is 28.8 Å². The Morgan fingerprint density at radius 3 is 2.39 bits per heavy atom. The van der Waals surface area contributed by atoms with Gasteiger partial charge in [0.1, 0.15) is 16.8 Å². The van der Waals surface area contributed by atoms with Crippen LogP contribution >= 0.6 is 31.0 Å². The van der Waals surface area contributed by atoms with E-state index in [1.165, 1.54) is 20.4 Å². The molecule has 0 radical (unpaired) electrons. The molecule has 0 saturated carbocycles. The molecule has 0 spiro atoms. The zero-order valence-corrected chi connectivity index (χ0v) is 37.3. The van der Waals surface area contributed by atoms with Crippen molar-refractivity contribution in [3.05, 3.63) is 83.0 Å². The minimum atomic E-state index is -3.56. The lowest BCUT2D eigenvalue weighted by molar-refractivity contribution is -0.136. The number of hydrogen-bond acceptors (Lipinski definition) is 15. The Balaban J connectivity index is 0.830. The molecular formula is C43H50ClN8O8PS. The van der Waals surface area contributed by atoms with Crippen LogP contribution in [0.25, 0.3) is 0 Å². The molecular weight excluding hydrogens is 855 g/mol. The number of halogens is 1. The minimum absolute atomic E-state index is 0.0941. The molecule has 2 saturated heterocycles. The second kappa shape index (κ2) is 20.4. The number of unbranched alkanes of at least 4 members (excludes halogenated alkanes) is 4. The van der Waals surface area contributed by atoms with E-state index in [0.29, 0.717) is 39.4 Å². The van der Waals surface area contributed by atoms with E-state index < -0.39 is 37.3 Å². The fourth-order valence-corrected chi connectivity index (χ4v) is 10.3. The molecule has 1 unspecified atom stereocenters. The second-order valence-corrected chi connectivity index (χ2v) is 18.7. The number of aromatic nitrogens is 2. The fraction of sp³-hybridized carbons (Fsp3) is 0.395. The van der Waals surface area contributed by atoms with Crippen molar-refractivity contribution < 1.29 is 37.5 Å². The summed E-state index contributed by atoms with van der Waals surface area (Å²) in [7, 11) is 0.715. The molecule has 7 rings (SSSR count). The number of fused-ring (bicyclic) bond motifs is 1. The maximum Gasteiger partial charge on any atom is 0.362 e. The van der Waals surface area contributed by atoms with Crippen LogP contribution in [0.1, 0.15) is 65.7 Å². The highest BCUT2D eigenvalue weighted by molar-refractivity contribution is 7.99. The van der Waals surface area contributed by atoms with Crippen molar-refractivity contribution in [3.63, 3.8) is 0 Å². The summed E-state index contributed by atoms with van der Waals surface area (Å²) in [6, 6.07) is 17.2. The van der Waals surface area contributed by atoms with Gasteiger partial charge in [-0.15, -0.1) is 11.8 Å². The molecule has 3 aliphatic rings. The van der Waals surface area contributed by atoms with Crippen LogP contribution < -0.4 is 30.9 Å². The number of benzene rings is 3. The number of ether oxygens (including phenoxy) is 1. The predicted molar refractivity (Wildman–Crippen MR) is 240 cm³/mol. The number of carbonyl (C=O) groups excluding carboxylic acids is 4. The number of carbonyl (C=O) groups is 4. The summed E-state index contributed by atoms with van der Waals surface area (Å²) in [6.07, 6.45) is 7.14. The topological polar surface area (TPSA) is 185 Å². The maximum atomic E-state index is 13.4. The maximum absolute atomic E-state index is 13.4. The number of hydrogen-bond donors (Lipinski definition) is 3. The molecule has 0 aliphatic carbocycles. The molecule has 3 aliphatic heterocycles. The summed E-state index contributed by atoms with van der Waals surface area (Å²) >= 11 is 8.04. The second-order valence-electron chi connectivity index (χ2n) is 15.0. The molecule has 2 fully saturated rings. The molecule has 16 nitrogen and oxygen atoms in total. The van der Waals surface area contributed by atoms with Crippen LogP contribution in [0.2, 0.25) is 5.02 Å². The Labute approximate surface area is 369 Å². The van der Waals surface area contributed by atoms with E-state index in [1.807, 2.05) is 18.2 Å². The zero-order valence-electron chi connectivity index (χ0n) is 34.9. The quantitative estimate of drug-likeness (QED) is 0.0378.